The molecule has 0 spiro atoms. The lowest BCUT2D eigenvalue weighted by atomic mass is 9.99. The number of carbonyl (C=O) groups is 1. The molecular weight excluding hydrogens is 208 g/mol. The lowest BCUT2D eigenvalue weighted by Gasteiger charge is -2.32. The number of hydrogen-bond acceptors (Lipinski definition) is 3. The molecule has 1 aliphatic rings. The quantitative estimate of drug-likeness (QED) is 0.792. The van der Waals surface area contributed by atoms with Crippen LogP contribution in [0.2, 0.25) is 0 Å². The lowest BCUT2D eigenvalue weighted by molar-refractivity contribution is -0.134. The van der Waals surface area contributed by atoms with Crippen molar-refractivity contribution >= 4 is 17.7 Å². The van der Waals surface area contributed by atoms with E-state index in [4.69, 9.17) is 5.73 Å². The molecule has 3 nitrogen and oxygen atoms in total. The molecule has 1 heterocycles. The summed E-state index contributed by atoms with van der Waals surface area (Å²) in [5.74, 6) is 1.75. The summed E-state index contributed by atoms with van der Waals surface area (Å²) in [5, 5.41) is 0. The number of hydrogen-bond donors (Lipinski definition) is 1. The van der Waals surface area contributed by atoms with E-state index in [9.17, 15) is 4.79 Å². The second-order valence-electron chi connectivity index (χ2n) is 4.42. The smallest absolute Gasteiger partial charge is 0.239 e. The average molecular weight is 230 g/mol. The summed E-state index contributed by atoms with van der Waals surface area (Å²) in [7, 11) is 0. The molecule has 15 heavy (non-hydrogen) atoms. The zero-order valence-electron chi connectivity index (χ0n) is 9.74. The Morgan fingerprint density at radius 2 is 2.40 bits per heavy atom. The van der Waals surface area contributed by atoms with E-state index in [1.807, 2.05) is 11.2 Å². The van der Waals surface area contributed by atoms with E-state index < -0.39 is 0 Å². The molecule has 1 amide bonds. The Hall–Kier alpha value is -0.220. The van der Waals surface area contributed by atoms with Gasteiger partial charge >= 0.3 is 0 Å². The van der Waals surface area contributed by atoms with E-state index in [1.54, 1.807) is 11.8 Å². The molecule has 2 atom stereocenters. The first-order valence-corrected chi connectivity index (χ1v) is 7.08. The van der Waals surface area contributed by atoms with Gasteiger partial charge in [-0.25, -0.2) is 0 Å². The van der Waals surface area contributed by atoms with Crippen molar-refractivity contribution in [2.24, 2.45) is 11.7 Å². The normalized spacial score (nSPS) is 23.9. The highest BCUT2D eigenvalue weighted by atomic mass is 32.2. The molecule has 0 bridgehead atoms. The molecule has 0 aromatic heterocycles. The van der Waals surface area contributed by atoms with Gasteiger partial charge in [0.2, 0.25) is 5.91 Å². The first kappa shape index (κ1) is 12.8. The second-order valence-corrected chi connectivity index (χ2v) is 5.41. The summed E-state index contributed by atoms with van der Waals surface area (Å²) < 4.78 is 0. The van der Waals surface area contributed by atoms with Crippen LogP contribution in [0.5, 0.6) is 0 Å². The Morgan fingerprint density at radius 1 is 1.67 bits per heavy atom. The zero-order valence-corrected chi connectivity index (χ0v) is 10.6. The molecule has 1 rings (SSSR count). The highest BCUT2D eigenvalue weighted by Crippen LogP contribution is 2.16. The summed E-state index contributed by atoms with van der Waals surface area (Å²) in [6.07, 6.45) is 5.21. The van der Waals surface area contributed by atoms with Gasteiger partial charge in [0.05, 0.1) is 6.04 Å². The van der Waals surface area contributed by atoms with Crippen molar-refractivity contribution in [1.29, 1.82) is 0 Å². The van der Waals surface area contributed by atoms with Gasteiger partial charge in [-0.3, -0.25) is 4.79 Å². The van der Waals surface area contributed by atoms with Gasteiger partial charge < -0.3 is 10.6 Å². The molecule has 0 aromatic carbocycles. The van der Waals surface area contributed by atoms with E-state index in [1.165, 1.54) is 6.42 Å². The Morgan fingerprint density at radius 3 is 3.00 bits per heavy atom. The summed E-state index contributed by atoms with van der Waals surface area (Å²) in [5.41, 5.74) is 5.88. The molecule has 0 aromatic rings. The van der Waals surface area contributed by atoms with E-state index >= 15 is 0 Å². The van der Waals surface area contributed by atoms with Gasteiger partial charge in [0.1, 0.15) is 0 Å². The largest absolute Gasteiger partial charge is 0.341 e. The van der Waals surface area contributed by atoms with Crippen molar-refractivity contribution in [3.05, 3.63) is 0 Å². The number of thioether (sulfide) groups is 1. The topological polar surface area (TPSA) is 46.3 Å². The van der Waals surface area contributed by atoms with E-state index in [0.29, 0.717) is 5.92 Å². The van der Waals surface area contributed by atoms with Crippen LogP contribution in [0.4, 0.5) is 0 Å². The predicted molar refractivity (Wildman–Crippen MR) is 66.0 cm³/mol. The molecule has 1 saturated heterocycles. The molecule has 2 N–H and O–H groups in total. The maximum atomic E-state index is 11.9. The number of nitrogens with zero attached hydrogens (tertiary/aromatic N) is 1. The Labute approximate surface area is 96.8 Å². The third-order valence-corrected chi connectivity index (χ3v) is 3.56. The minimum Gasteiger partial charge on any atom is -0.341 e. The van der Waals surface area contributed by atoms with Crippen molar-refractivity contribution in [3.63, 3.8) is 0 Å². The molecular formula is C11H22N2OS. The van der Waals surface area contributed by atoms with Crippen LogP contribution < -0.4 is 5.73 Å². The van der Waals surface area contributed by atoms with E-state index in [-0.39, 0.29) is 11.9 Å². The van der Waals surface area contributed by atoms with E-state index in [0.717, 1.165) is 31.7 Å². The van der Waals surface area contributed by atoms with Gasteiger partial charge in [-0.05, 0) is 37.2 Å². The van der Waals surface area contributed by atoms with Gasteiger partial charge in [-0.2, -0.15) is 11.8 Å². The molecule has 1 fully saturated rings. The number of carbonyl (C=O) groups excluding carboxylic acids is 1. The maximum Gasteiger partial charge on any atom is 0.239 e. The highest BCUT2D eigenvalue weighted by Gasteiger charge is 2.24. The summed E-state index contributed by atoms with van der Waals surface area (Å²) in [4.78, 5) is 13.9. The van der Waals surface area contributed by atoms with Gasteiger partial charge in [0.15, 0.2) is 0 Å². The van der Waals surface area contributed by atoms with Crippen LogP contribution in [0, 0.1) is 5.92 Å². The Bertz CT molecular complexity index is 211. The van der Waals surface area contributed by atoms with Crippen LogP contribution in [0.1, 0.15) is 26.2 Å². The standard InChI is InChI=1S/C11H22N2OS/c1-9-4-3-6-13(8-9)11(14)10(12)5-7-15-2/h9-10H,3-8,12H2,1-2H3/t9-,10-/m1/s1. The fourth-order valence-corrected chi connectivity index (χ4v) is 2.48. The first-order valence-electron chi connectivity index (χ1n) is 5.68. The van der Waals surface area contributed by atoms with Crippen molar-refractivity contribution < 1.29 is 4.79 Å². The van der Waals surface area contributed by atoms with Crippen LogP contribution in [0.25, 0.3) is 0 Å². The molecule has 4 heteroatoms. The van der Waals surface area contributed by atoms with Gasteiger partial charge in [0, 0.05) is 13.1 Å². The lowest BCUT2D eigenvalue weighted by Crippen LogP contribution is -2.47. The predicted octanol–water partition coefficient (Wildman–Crippen LogP) is 1.33. The Kier molecular flexibility index (Phi) is 5.47. The SMILES string of the molecule is CSCC[C@@H](N)C(=O)N1CCC[C@@H](C)C1. The van der Waals surface area contributed by atoms with Crippen LogP contribution in [-0.4, -0.2) is 41.9 Å². The summed E-state index contributed by atoms with van der Waals surface area (Å²) in [6, 6.07) is -0.289. The fraction of sp³-hybridized carbons (Fsp3) is 0.909. The van der Waals surface area contributed by atoms with Crippen molar-refractivity contribution in [3.8, 4) is 0 Å². The van der Waals surface area contributed by atoms with Gasteiger partial charge in [-0.1, -0.05) is 6.92 Å². The average Bonchev–Trinajstić information content (AvgIpc) is 2.24. The van der Waals surface area contributed by atoms with Gasteiger partial charge in [0.25, 0.3) is 0 Å². The van der Waals surface area contributed by atoms with Crippen molar-refractivity contribution in [1.82, 2.24) is 4.90 Å². The van der Waals surface area contributed by atoms with Gasteiger partial charge in [-0.15, -0.1) is 0 Å². The van der Waals surface area contributed by atoms with Crippen molar-refractivity contribution in [2.75, 3.05) is 25.1 Å². The fourth-order valence-electron chi connectivity index (χ4n) is 1.99. The minimum atomic E-state index is -0.289. The summed E-state index contributed by atoms with van der Waals surface area (Å²) >= 11 is 1.74. The maximum absolute atomic E-state index is 11.9. The van der Waals surface area contributed by atoms with Crippen LogP contribution in [0.15, 0.2) is 0 Å². The Balaban J connectivity index is 2.37. The van der Waals surface area contributed by atoms with Crippen LogP contribution in [-0.2, 0) is 4.79 Å². The molecule has 88 valence electrons. The van der Waals surface area contributed by atoms with Crippen LogP contribution >= 0.6 is 11.8 Å². The molecule has 1 aliphatic heterocycles. The summed E-state index contributed by atoms with van der Waals surface area (Å²) in [6.45, 7) is 3.99. The molecule has 0 unspecified atom stereocenters. The third-order valence-electron chi connectivity index (χ3n) is 2.92. The number of rotatable bonds is 4. The molecule has 0 saturated carbocycles. The molecule has 0 radical (unpaired) electrons. The monoisotopic (exact) mass is 230 g/mol. The number of amides is 1. The second kappa shape index (κ2) is 6.38. The number of nitrogens with two attached hydrogens (primary N) is 1. The van der Waals surface area contributed by atoms with Crippen molar-refractivity contribution in [2.45, 2.75) is 32.2 Å². The highest BCUT2D eigenvalue weighted by molar-refractivity contribution is 7.98. The number of piperidine rings is 1. The van der Waals surface area contributed by atoms with Crippen LogP contribution in [0.3, 0.4) is 0 Å². The number of likely N-dealkylation sites (tertiary alicyclic amines) is 1. The minimum absolute atomic E-state index is 0.149. The third kappa shape index (κ3) is 4.03. The zero-order chi connectivity index (χ0) is 11.3. The molecule has 0 aliphatic carbocycles. The first-order chi connectivity index (χ1) is 7.15. The van der Waals surface area contributed by atoms with E-state index in [2.05, 4.69) is 6.92 Å².